The summed E-state index contributed by atoms with van der Waals surface area (Å²) in [5.41, 5.74) is 0. The molecule has 0 nitrogen and oxygen atoms in total. The van der Waals surface area contributed by atoms with E-state index in [0.717, 1.165) is 0 Å². The van der Waals surface area contributed by atoms with Crippen LogP contribution in [0.3, 0.4) is 0 Å². The van der Waals surface area contributed by atoms with Gasteiger partial charge in [0.25, 0.3) is 0 Å². The molecule has 0 aromatic rings. The van der Waals surface area contributed by atoms with Crippen LogP contribution in [0.25, 0.3) is 0 Å². The van der Waals surface area contributed by atoms with Gasteiger partial charge in [-0.15, -0.1) is 0 Å². The van der Waals surface area contributed by atoms with Crippen LogP contribution in [0, 0.1) is 6.66 Å². The second kappa shape index (κ2) is 1.26. The number of hydrogen-bond acceptors (Lipinski definition) is 0. The van der Waals surface area contributed by atoms with Gasteiger partial charge >= 0.3 is 33.9 Å². The van der Waals surface area contributed by atoms with Crippen molar-refractivity contribution in [1.82, 2.24) is 0 Å². The quantitative estimate of drug-likeness (QED) is 0.395. The van der Waals surface area contributed by atoms with Crippen LogP contribution in [0.5, 0.6) is 0 Å². The molecule has 0 unspecified atom stereocenters. The first-order chi connectivity index (χ1) is 2.00. The van der Waals surface area contributed by atoms with Crippen molar-refractivity contribution in [2.75, 3.05) is 20.0 Å². The van der Waals surface area contributed by atoms with Crippen LogP contribution in [-0.4, -0.2) is 20.0 Å². The summed E-state index contributed by atoms with van der Waals surface area (Å²) in [5.74, 6) is 0. The zero-order valence-electron chi connectivity index (χ0n) is 4.21. The van der Waals surface area contributed by atoms with Crippen LogP contribution in [0.15, 0.2) is 0 Å². The molecule has 0 fully saturated rings. The topological polar surface area (TPSA) is 0 Å². The fraction of sp³-hybridized carbons (Fsp3) is 0.750. The second-order valence-corrected chi connectivity index (χ2v) is 7.68. The molecule has 33 valence electrons. The molecule has 0 aromatic heterocycles. The minimum absolute atomic E-state index is 0.861. The molecular formula is C4H12P. The van der Waals surface area contributed by atoms with Crippen molar-refractivity contribution >= 4 is 7.26 Å². The number of hydrogen-bond donors (Lipinski definition) is 0. The third-order valence-electron chi connectivity index (χ3n) is 0. The summed E-state index contributed by atoms with van der Waals surface area (Å²) >= 11 is 0. The van der Waals surface area contributed by atoms with Gasteiger partial charge in [0.1, 0.15) is 0 Å². The van der Waals surface area contributed by atoms with E-state index in [1.807, 2.05) is 0 Å². The summed E-state index contributed by atoms with van der Waals surface area (Å²) in [6, 6.07) is 0. The predicted molar refractivity (Wildman–Crippen MR) is 31.4 cm³/mol. The van der Waals surface area contributed by atoms with E-state index in [4.69, 9.17) is 0 Å². The first-order valence-corrected chi connectivity index (χ1v) is 5.56. The van der Waals surface area contributed by atoms with Crippen molar-refractivity contribution in [3.8, 4) is 0 Å². The molecule has 5 heavy (non-hydrogen) atoms. The van der Waals surface area contributed by atoms with Crippen molar-refractivity contribution in [1.29, 1.82) is 0 Å². The van der Waals surface area contributed by atoms with Crippen LogP contribution in [-0.2, 0) is 0 Å². The maximum atomic E-state index is 3.91. The first kappa shape index (κ1) is 5.43. The Morgan fingerprint density at radius 2 is 1.20 bits per heavy atom. The number of rotatable bonds is 0. The Balaban J connectivity index is 3.02. The van der Waals surface area contributed by atoms with Gasteiger partial charge in [-0.1, -0.05) is 0 Å². The molecule has 0 aliphatic heterocycles. The van der Waals surface area contributed by atoms with Gasteiger partial charge < -0.3 is 0 Å². The Kier molecular flexibility index (Phi) is 1.37. The zero-order valence-corrected chi connectivity index (χ0v) is 5.21. The normalized spacial score (nSPS) is 15.2. The summed E-state index contributed by atoms with van der Waals surface area (Å²) in [6.45, 7) is 10.6. The van der Waals surface area contributed by atoms with E-state index in [2.05, 4.69) is 26.7 Å². The van der Waals surface area contributed by atoms with Crippen LogP contribution in [0.2, 0.25) is 0 Å². The van der Waals surface area contributed by atoms with Crippen LogP contribution in [0.1, 0.15) is 0 Å². The molecule has 0 aromatic carbocycles. The van der Waals surface area contributed by atoms with Crippen molar-refractivity contribution in [2.24, 2.45) is 0 Å². The Bertz CT molecular complexity index is 19.1. The van der Waals surface area contributed by atoms with Gasteiger partial charge in [-0.3, -0.25) is 0 Å². The van der Waals surface area contributed by atoms with E-state index in [1.165, 1.54) is 0 Å². The molecular weight excluding hydrogens is 79.0 g/mol. The van der Waals surface area contributed by atoms with Gasteiger partial charge in [-0.2, -0.15) is 0 Å². The third kappa shape index (κ3) is 141. The van der Waals surface area contributed by atoms with Gasteiger partial charge in [-0.05, 0) is 0 Å². The predicted octanol–water partition coefficient (Wildman–Crippen LogP) is 1.42. The van der Waals surface area contributed by atoms with Crippen LogP contribution in [0.4, 0.5) is 0 Å². The molecule has 1 heteroatoms. The fourth-order valence-electron chi connectivity index (χ4n) is 0. The molecule has 0 saturated carbocycles. The van der Waals surface area contributed by atoms with E-state index in [0.29, 0.717) is 0 Å². The SMILES string of the molecule is [CH2][PH](C)(C)C. The monoisotopic (exact) mass is 91.1 g/mol. The Labute approximate surface area is 34.9 Å². The molecule has 0 bridgehead atoms. The Hall–Kier alpha value is 0.430. The van der Waals surface area contributed by atoms with Crippen LogP contribution < -0.4 is 0 Å². The molecule has 0 heterocycles. The summed E-state index contributed by atoms with van der Waals surface area (Å²) < 4.78 is 0. The van der Waals surface area contributed by atoms with E-state index in [9.17, 15) is 0 Å². The molecule has 0 aliphatic carbocycles. The van der Waals surface area contributed by atoms with E-state index >= 15 is 0 Å². The molecule has 0 spiro atoms. The molecule has 0 saturated heterocycles. The van der Waals surface area contributed by atoms with Gasteiger partial charge in [0.2, 0.25) is 0 Å². The van der Waals surface area contributed by atoms with Crippen molar-refractivity contribution in [2.45, 2.75) is 0 Å². The van der Waals surface area contributed by atoms with Gasteiger partial charge in [0.05, 0.1) is 0 Å². The standard InChI is InChI=1S/C4H12P/c1-5(2,3)4/h5H,1H2,2-4H3. The molecule has 0 rings (SSSR count). The first-order valence-electron chi connectivity index (χ1n) is 1.85. The summed E-state index contributed by atoms with van der Waals surface area (Å²) in [4.78, 5) is 0. The van der Waals surface area contributed by atoms with Gasteiger partial charge in [0.15, 0.2) is 0 Å². The van der Waals surface area contributed by atoms with Gasteiger partial charge in [-0.25, -0.2) is 0 Å². The average Bonchev–Trinajstić information content (AvgIpc) is 0.722. The second-order valence-electron chi connectivity index (χ2n) is 2.56. The summed E-state index contributed by atoms with van der Waals surface area (Å²) in [6.07, 6.45) is 0. The van der Waals surface area contributed by atoms with Crippen molar-refractivity contribution < 1.29 is 0 Å². The van der Waals surface area contributed by atoms with Crippen molar-refractivity contribution in [3.05, 3.63) is 6.66 Å². The average molecular weight is 91.1 g/mol. The molecule has 0 aliphatic rings. The third-order valence-corrected chi connectivity index (χ3v) is 0. The summed E-state index contributed by atoms with van der Waals surface area (Å²) in [7, 11) is -0.861. The van der Waals surface area contributed by atoms with Crippen molar-refractivity contribution in [3.63, 3.8) is 0 Å². The van der Waals surface area contributed by atoms with E-state index in [-0.39, 0.29) is 0 Å². The minimum atomic E-state index is -0.861. The van der Waals surface area contributed by atoms with E-state index < -0.39 is 7.26 Å². The summed E-state index contributed by atoms with van der Waals surface area (Å²) in [5, 5.41) is 0. The molecule has 1 radical (unpaired) electrons. The van der Waals surface area contributed by atoms with Gasteiger partial charge in [0, 0.05) is 0 Å². The molecule has 0 atom stereocenters. The fourth-order valence-corrected chi connectivity index (χ4v) is 0. The molecule has 0 amide bonds. The van der Waals surface area contributed by atoms with E-state index in [1.54, 1.807) is 0 Å². The zero-order chi connectivity index (χ0) is 4.50. The molecule has 0 N–H and O–H groups in total. The van der Waals surface area contributed by atoms with Crippen LogP contribution >= 0.6 is 7.26 Å². The Morgan fingerprint density at radius 3 is 1.20 bits per heavy atom. The maximum absolute atomic E-state index is 3.91. The Morgan fingerprint density at radius 1 is 1.20 bits per heavy atom.